The number of carbonyl (C=O) groups excluding carboxylic acids is 1. The summed E-state index contributed by atoms with van der Waals surface area (Å²) in [4.78, 5) is 13.2. The molecular formula is C28H31N3O. The number of anilines is 2. The highest BCUT2D eigenvalue weighted by atomic mass is 16.2. The lowest BCUT2D eigenvalue weighted by Crippen LogP contribution is -2.41. The van der Waals surface area contributed by atoms with Crippen LogP contribution in [0.3, 0.4) is 0 Å². The maximum atomic E-state index is 13.2. The molecule has 4 rings (SSSR count). The van der Waals surface area contributed by atoms with E-state index in [1.165, 1.54) is 19.3 Å². The van der Waals surface area contributed by atoms with Crippen molar-refractivity contribution in [1.29, 1.82) is 0 Å². The summed E-state index contributed by atoms with van der Waals surface area (Å²) >= 11 is 0. The van der Waals surface area contributed by atoms with E-state index in [0.717, 1.165) is 40.9 Å². The van der Waals surface area contributed by atoms with Crippen molar-refractivity contribution < 1.29 is 4.79 Å². The second-order valence-corrected chi connectivity index (χ2v) is 8.42. The summed E-state index contributed by atoms with van der Waals surface area (Å²) in [5, 5.41) is 6.70. The summed E-state index contributed by atoms with van der Waals surface area (Å²) in [7, 11) is 0. The lowest BCUT2D eigenvalue weighted by Gasteiger charge is -2.26. The van der Waals surface area contributed by atoms with Crippen LogP contribution >= 0.6 is 0 Å². The Balaban J connectivity index is 1.51. The van der Waals surface area contributed by atoms with Crippen LogP contribution in [0.4, 0.5) is 11.4 Å². The summed E-state index contributed by atoms with van der Waals surface area (Å²) in [5.41, 5.74) is 10.7. The Morgan fingerprint density at radius 2 is 1.53 bits per heavy atom. The Morgan fingerprint density at radius 3 is 2.25 bits per heavy atom. The van der Waals surface area contributed by atoms with Gasteiger partial charge in [0.25, 0.3) is 0 Å². The fourth-order valence-electron chi connectivity index (χ4n) is 4.18. The standard InChI is InChI=1S/C28H31N3O/c29-26-14-8-7-9-22(26)18-15-21-16-19-23(20-17-21)27(30-24-10-3-1-4-11-24)28(32)31-25-12-5-2-6-13-25/h1,3-4,7-11,14-20,25,27,30H,2,5-6,12-13,29H2,(H,31,32)/b18-15+. The normalized spacial score (nSPS) is 15.4. The summed E-state index contributed by atoms with van der Waals surface area (Å²) < 4.78 is 0. The van der Waals surface area contributed by atoms with Gasteiger partial charge in [0.1, 0.15) is 6.04 Å². The molecule has 0 heterocycles. The summed E-state index contributed by atoms with van der Waals surface area (Å²) in [6, 6.07) is 25.7. The van der Waals surface area contributed by atoms with Crippen LogP contribution in [0.25, 0.3) is 12.2 Å². The van der Waals surface area contributed by atoms with Crippen LogP contribution < -0.4 is 16.4 Å². The van der Waals surface area contributed by atoms with Gasteiger partial charge in [-0.15, -0.1) is 0 Å². The predicted octanol–water partition coefficient (Wildman–Crippen LogP) is 6.04. The van der Waals surface area contributed by atoms with Gasteiger partial charge in [-0.3, -0.25) is 4.79 Å². The SMILES string of the molecule is Nc1ccccc1/C=C/c1ccc(C(Nc2ccccc2)C(=O)NC2CCCCC2)cc1. The van der Waals surface area contributed by atoms with Gasteiger partial charge in [-0.2, -0.15) is 0 Å². The van der Waals surface area contributed by atoms with Gasteiger partial charge in [-0.25, -0.2) is 0 Å². The first-order valence-corrected chi connectivity index (χ1v) is 11.4. The first-order chi connectivity index (χ1) is 15.7. The highest BCUT2D eigenvalue weighted by molar-refractivity contribution is 5.86. The minimum absolute atomic E-state index is 0.0288. The lowest BCUT2D eigenvalue weighted by atomic mass is 9.94. The van der Waals surface area contributed by atoms with Crippen LogP contribution in [0.5, 0.6) is 0 Å². The molecule has 1 aliphatic rings. The first-order valence-electron chi connectivity index (χ1n) is 11.4. The van der Waals surface area contributed by atoms with Crippen molar-refractivity contribution in [1.82, 2.24) is 5.32 Å². The van der Waals surface area contributed by atoms with Crippen LogP contribution in [0.15, 0.2) is 78.9 Å². The quantitative estimate of drug-likeness (QED) is 0.319. The maximum Gasteiger partial charge on any atom is 0.247 e. The third-order valence-electron chi connectivity index (χ3n) is 6.02. The van der Waals surface area contributed by atoms with Crippen molar-refractivity contribution in [2.24, 2.45) is 0 Å². The third-order valence-corrected chi connectivity index (χ3v) is 6.02. The average molecular weight is 426 g/mol. The highest BCUT2D eigenvalue weighted by Crippen LogP contribution is 2.24. The van der Waals surface area contributed by atoms with Gasteiger partial charge in [0.15, 0.2) is 0 Å². The zero-order valence-corrected chi connectivity index (χ0v) is 18.3. The smallest absolute Gasteiger partial charge is 0.247 e. The molecule has 0 spiro atoms. The van der Waals surface area contributed by atoms with Crippen LogP contribution in [0.2, 0.25) is 0 Å². The Hall–Kier alpha value is -3.53. The number of carbonyl (C=O) groups is 1. The monoisotopic (exact) mass is 425 g/mol. The summed E-state index contributed by atoms with van der Waals surface area (Å²) in [5.74, 6) is 0.0288. The van der Waals surface area contributed by atoms with E-state index >= 15 is 0 Å². The topological polar surface area (TPSA) is 67.1 Å². The molecule has 3 aromatic rings. The van der Waals surface area contributed by atoms with Gasteiger partial charge in [-0.05, 0) is 47.7 Å². The number of para-hydroxylation sites is 2. The molecule has 1 amide bonds. The van der Waals surface area contributed by atoms with E-state index in [-0.39, 0.29) is 11.9 Å². The Bertz CT molecular complexity index is 1040. The van der Waals surface area contributed by atoms with Crippen molar-refractivity contribution >= 4 is 29.4 Å². The van der Waals surface area contributed by atoms with E-state index in [0.29, 0.717) is 0 Å². The average Bonchev–Trinajstić information content (AvgIpc) is 2.84. The predicted molar refractivity (Wildman–Crippen MR) is 134 cm³/mol. The molecule has 0 saturated heterocycles. The molecule has 4 heteroatoms. The number of amides is 1. The van der Waals surface area contributed by atoms with E-state index in [1.54, 1.807) is 0 Å². The van der Waals surface area contributed by atoms with Crippen molar-refractivity contribution in [3.63, 3.8) is 0 Å². The van der Waals surface area contributed by atoms with Crippen molar-refractivity contribution in [2.45, 2.75) is 44.2 Å². The highest BCUT2D eigenvalue weighted by Gasteiger charge is 2.24. The molecular weight excluding hydrogens is 394 g/mol. The molecule has 3 aromatic carbocycles. The molecule has 4 N–H and O–H groups in total. The summed E-state index contributed by atoms with van der Waals surface area (Å²) in [6.45, 7) is 0. The molecule has 1 aliphatic carbocycles. The molecule has 0 bridgehead atoms. The Morgan fingerprint density at radius 1 is 0.844 bits per heavy atom. The number of hydrogen-bond donors (Lipinski definition) is 3. The molecule has 32 heavy (non-hydrogen) atoms. The molecule has 0 aliphatic heterocycles. The third kappa shape index (κ3) is 5.79. The number of nitrogens with one attached hydrogen (secondary N) is 2. The van der Waals surface area contributed by atoms with Gasteiger partial charge in [0, 0.05) is 17.4 Å². The second kappa shape index (κ2) is 10.7. The van der Waals surface area contributed by atoms with E-state index < -0.39 is 6.04 Å². The summed E-state index contributed by atoms with van der Waals surface area (Å²) in [6.07, 6.45) is 9.83. The molecule has 164 valence electrons. The Labute approximate surface area is 190 Å². The lowest BCUT2D eigenvalue weighted by molar-refractivity contribution is -0.122. The van der Waals surface area contributed by atoms with E-state index in [1.807, 2.05) is 91.0 Å². The van der Waals surface area contributed by atoms with Crippen LogP contribution in [-0.4, -0.2) is 11.9 Å². The molecule has 1 unspecified atom stereocenters. The van der Waals surface area contributed by atoms with Gasteiger partial charge in [0.05, 0.1) is 0 Å². The molecule has 4 nitrogen and oxygen atoms in total. The van der Waals surface area contributed by atoms with Crippen molar-refractivity contribution in [3.05, 3.63) is 95.6 Å². The number of benzene rings is 3. The number of hydrogen-bond acceptors (Lipinski definition) is 3. The van der Waals surface area contributed by atoms with Crippen LogP contribution in [0, 0.1) is 0 Å². The van der Waals surface area contributed by atoms with Crippen molar-refractivity contribution in [2.75, 3.05) is 11.1 Å². The molecule has 0 aromatic heterocycles. The fourth-order valence-corrected chi connectivity index (χ4v) is 4.18. The largest absolute Gasteiger partial charge is 0.398 e. The number of nitrogen functional groups attached to an aromatic ring is 1. The van der Waals surface area contributed by atoms with Crippen LogP contribution in [0.1, 0.15) is 54.8 Å². The molecule has 1 atom stereocenters. The minimum Gasteiger partial charge on any atom is -0.398 e. The number of nitrogens with two attached hydrogens (primary N) is 1. The maximum absolute atomic E-state index is 13.2. The zero-order chi connectivity index (χ0) is 22.2. The molecule has 1 fully saturated rings. The second-order valence-electron chi connectivity index (χ2n) is 8.42. The van der Waals surface area contributed by atoms with Gasteiger partial charge in [0.2, 0.25) is 5.91 Å². The van der Waals surface area contributed by atoms with Crippen molar-refractivity contribution in [3.8, 4) is 0 Å². The molecule has 0 radical (unpaired) electrons. The van der Waals surface area contributed by atoms with E-state index in [2.05, 4.69) is 10.6 Å². The van der Waals surface area contributed by atoms with E-state index in [4.69, 9.17) is 5.73 Å². The van der Waals surface area contributed by atoms with Gasteiger partial charge >= 0.3 is 0 Å². The first kappa shape index (κ1) is 21.7. The fraction of sp³-hybridized carbons (Fsp3) is 0.250. The van der Waals surface area contributed by atoms with Gasteiger partial charge in [-0.1, -0.05) is 92.1 Å². The zero-order valence-electron chi connectivity index (χ0n) is 18.3. The van der Waals surface area contributed by atoms with Crippen LogP contribution in [-0.2, 0) is 4.79 Å². The van der Waals surface area contributed by atoms with E-state index in [9.17, 15) is 4.79 Å². The number of rotatable bonds is 7. The van der Waals surface area contributed by atoms with Gasteiger partial charge < -0.3 is 16.4 Å². The minimum atomic E-state index is -0.442. The Kier molecular flexibility index (Phi) is 7.23. The molecule has 1 saturated carbocycles.